The fraction of sp³-hybridized carbons (Fsp3) is 0.625. The molecule has 0 saturated heterocycles. The highest BCUT2D eigenvalue weighted by atomic mass is 16.5. The zero-order chi connectivity index (χ0) is 14.7. The minimum absolute atomic E-state index is 0.175. The molecule has 20 heavy (non-hydrogen) atoms. The number of esters is 2. The van der Waals surface area contributed by atoms with Crippen LogP contribution in [-0.2, 0) is 19.1 Å². The van der Waals surface area contributed by atoms with Gasteiger partial charge in [0.2, 0.25) is 0 Å². The number of hydrogen-bond donors (Lipinski definition) is 0. The highest BCUT2D eigenvalue weighted by molar-refractivity contribution is 5.66. The van der Waals surface area contributed by atoms with Gasteiger partial charge in [0.05, 0.1) is 6.61 Å². The van der Waals surface area contributed by atoms with Crippen molar-refractivity contribution in [2.75, 3.05) is 6.61 Å². The lowest BCUT2D eigenvalue weighted by Crippen LogP contribution is -2.36. The molecule has 0 aromatic rings. The van der Waals surface area contributed by atoms with Gasteiger partial charge in [0.1, 0.15) is 6.10 Å². The monoisotopic (exact) mass is 278 g/mol. The van der Waals surface area contributed by atoms with E-state index in [0.29, 0.717) is 24.9 Å². The van der Waals surface area contributed by atoms with E-state index < -0.39 is 0 Å². The minimum atomic E-state index is -0.269. The van der Waals surface area contributed by atoms with Crippen LogP contribution in [0, 0.1) is 23.7 Å². The van der Waals surface area contributed by atoms with Crippen LogP contribution in [0.5, 0.6) is 0 Å². The second-order valence-electron chi connectivity index (χ2n) is 5.66. The van der Waals surface area contributed by atoms with Gasteiger partial charge < -0.3 is 9.47 Å². The molecule has 1 unspecified atom stereocenters. The van der Waals surface area contributed by atoms with E-state index in [1.165, 1.54) is 13.8 Å². The maximum Gasteiger partial charge on any atom is 0.302 e. The van der Waals surface area contributed by atoms with Crippen LogP contribution in [0.2, 0.25) is 0 Å². The second-order valence-corrected chi connectivity index (χ2v) is 5.66. The van der Waals surface area contributed by atoms with Crippen molar-refractivity contribution in [1.29, 1.82) is 0 Å². The molecule has 2 rings (SSSR count). The molecule has 0 amide bonds. The quantitative estimate of drug-likeness (QED) is 0.553. The van der Waals surface area contributed by atoms with Crippen molar-refractivity contribution >= 4 is 11.9 Å². The van der Waals surface area contributed by atoms with Gasteiger partial charge in [0, 0.05) is 32.1 Å². The first-order chi connectivity index (χ1) is 9.52. The summed E-state index contributed by atoms with van der Waals surface area (Å²) in [6.07, 6.45) is 7.72. The lowest BCUT2D eigenvalue weighted by molar-refractivity contribution is -0.153. The van der Waals surface area contributed by atoms with Crippen LogP contribution >= 0.6 is 0 Å². The average molecular weight is 278 g/mol. The molecule has 4 nitrogen and oxygen atoms in total. The van der Waals surface area contributed by atoms with Crippen molar-refractivity contribution < 1.29 is 19.1 Å². The lowest BCUT2D eigenvalue weighted by Gasteiger charge is -2.33. The molecule has 0 spiro atoms. The van der Waals surface area contributed by atoms with E-state index in [0.717, 1.165) is 6.42 Å². The van der Waals surface area contributed by atoms with Gasteiger partial charge in [-0.1, -0.05) is 18.2 Å². The third-order valence-electron chi connectivity index (χ3n) is 4.31. The van der Waals surface area contributed by atoms with E-state index in [1.807, 2.05) is 0 Å². The SMILES string of the molecule is C=CCC(OC(C)=O)[C@H]1[C@@H](COC(C)=O)[C@H]2C=C[C@@H]1C2. The molecule has 5 atom stereocenters. The van der Waals surface area contributed by atoms with Gasteiger partial charge >= 0.3 is 11.9 Å². The van der Waals surface area contributed by atoms with Gasteiger partial charge in [0.25, 0.3) is 0 Å². The predicted octanol–water partition coefficient (Wildman–Crippen LogP) is 2.50. The molecule has 1 saturated carbocycles. The van der Waals surface area contributed by atoms with Gasteiger partial charge in [-0.25, -0.2) is 0 Å². The van der Waals surface area contributed by atoms with Gasteiger partial charge in [-0.2, -0.15) is 0 Å². The first-order valence-electron chi connectivity index (χ1n) is 7.12. The van der Waals surface area contributed by atoms with Crippen LogP contribution < -0.4 is 0 Å². The summed E-state index contributed by atoms with van der Waals surface area (Å²) in [4.78, 5) is 22.3. The van der Waals surface area contributed by atoms with Crippen LogP contribution in [0.3, 0.4) is 0 Å². The van der Waals surface area contributed by atoms with Crippen LogP contribution in [-0.4, -0.2) is 24.6 Å². The normalized spacial score (nSPS) is 31.9. The van der Waals surface area contributed by atoms with E-state index in [9.17, 15) is 9.59 Å². The Morgan fingerprint density at radius 1 is 1.30 bits per heavy atom. The zero-order valence-electron chi connectivity index (χ0n) is 12.1. The Balaban J connectivity index is 2.12. The highest BCUT2D eigenvalue weighted by Crippen LogP contribution is 2.50. The Morgan fingerprint density at radius 2 is 2.00 bits per heavy atom. The molecule has 0 N–H and O–H groups in total. The van der Waals surface area contributed by atoms with Crippen LogP contribution in [0.25, 0.3) is 0 Å². The first kappa shape index (κ1) is 14.8. The van der Waals surface area contributed by atoms with E-state index in [2.05, 4.69) is 18.7 Å². The van der Waals surface area contributed by atoms with Crippen molar-refractivity contribution in [3.63, 3.8) is 0 Å². The highest BCUT2D eigenvalue weighted by Gasteiger charge is 2.49. The van der Waals surface area contributed by atoms with E-state index in [1.54, 1.807) is 6.08 Å². The van der Waals surface area contributed by atoms with E-state index in [-0.39, 0.29) is 29.9 Å². The molecular weight excluding hydrogens is 256 g/mol. The number of ether oxygens (including phenoxy) is 2. The molecule has 0 aliphatic heterocycles. The summed E-state index contributed by atoms with van der Waals surface area (Å²) >= 11 is 0. The fourth-order valence-corrected chi connectivity index (χ4v) is 3.62. The molecule has 110 valence electrons. The molecular formula is C16H22O4. The summed E-state index contributed by atoms with van der Waals surface area (Å²) in [5.41, 5.74) is 0. The largest absolute Gasteiger partial charge is 0.466 e. The molecule has 0 heterocycles. The number of carbonyl (C=O) groups is 2. The molecule has 0 aromatic heterocycles. The standard InChI is InChI=1S/C16H22O4/c1-4-5-15(20-11(3)18)16-13-7-6-12(8-13)14(16)9-19-10(2)17/h4,6-7,12-16H,1,5,8-9H2,2-3H3/t12-,13+,14-,15?,16+/m0/s1. The summed E-state index contributed by atoms with van der Waals surface area (Å²) < 4.78 is 10.7. The molecule has 0 aromatic carbocycles. The van der Waals surface area contributed by atoms with Gasteiger partial charge in [-0.3, -0.25) is 9.59 Å². The molecule has 0 radical (unpaired) electrons. The Hall–Kier alpha value is -1.58. The van der Waals surface area contributed by atoms with Crippen LogP contribution in [0.1, 0.15) is 26.7 Å². The molecule has 2 bridgehead atoms. The zero-order valence-corrected chi connectivity index (χ0v) is 12.1. The number of carbonyl (C=O) groups excluding carboxylic acids is 2. The van der Waals surface area contributed by atoms with Crippen molar-refractivity contribution in [3.05, 3.63) is 24.8 Å². The summed E-state index contributed by atoms with van der Waals surface area (Å²) in [5, 5.41) is 0. The maximum absolute atomic E-state index is 11.3. The number of hydrogen-bond acceptors (Lipinski definition) is 4. The Bertz CT molecular complexity index is 426. The first-order valence-corrected chi connectivity index (χ1v) is 7.12. The third kappa shape index (κ3) is 3.11. The maximum atomic E-state index is 11.3. The molecule has 1 fully saturated rings. The fourth-order valence-electron chi connectivity index (χ4n) is 3.62. The van der Waals surface area contributed by atoms with Crippen molar-refractivity contribution in [1.82, 2.24) is 0 Å². The second kappa shape index (κ2) is 6.25. The summed E-state index contributed by atoms with van der Waals surface area (Å²) in [6.45, 7) is 7.00. The van der Waals surface area contributed by atoms with Crippen LogP contribution in [0.4, 0.5) is 0 Å². The Labute approximate surface area is 119 Å². The predicted molar refractivity (Wildman–Crippen MR) is 74.7 cm³/mol. The summed E-state index contributed by atoms with van der Waals surface area (Å²) in [7, 11) is 0. The lowest BCUT2D eigenvalue weighted by atomic mass is 9.79. The Kier molecular flexibility index (Phi) is 4.63. The van der Waals surface area contributed by atoms with Crippen molar-refractivity contribution in [2.45, 2.75) is 32.8 Å². The van der Waals surface area contributed by atoms with E-state index >= 15 is 0 Å². The van der Waals surface area contributed by atoms with Crippen molar-refractivity contribution in [2.24, 2.45) is 23.7 Å². The molecule has 2 aliphatic rings. The number of fused-ring (bicyclic) bond motifs is 2. The summed E-state index contributed by atoms with van der Waals surface area (Å²) in [6, 6.07) is 0. The molecule has 2 aliphatic carbocycles. The summed E-state index contributed by atoms with van der Waals surface area (Å²) in [5.74, 6) is 0.750. The Morgan fingerprint density at radius 3 is 2.60 bits per heavy atom. The van der Waals surface area contributed by atoms with Gasteiger partial charge in [-0.15, -0.1) is 6.58 Å². The number of allylic oxidation sites excluding steroid dienone is 2. The average Bonchev–Trinajstić information content (AvgIpc) is 2.95. The van der Waals surface area contributed by atoms with Crippen molar-refractivity contribution in [3.8, 4) is 0 Å². The van der Waals surface area contributed by atoms with Crippen LogP contribution in [0.15, 0.2) is 24.8 Å². The van der Waals surface area contributed by atoms with E-state index in [4.69, 9.17) is 9.47 Å². The topological polar surface area (TPSA) is 52.6 Å². The van der Waals surface area contributed by atoms with Gasteiger partial charge in [-0.05, 0) is 18.3 Å². The number of rotatable bonds is 6. The van der Waals surface area contributed by atoms with Gasteiger partial charge in [0.15, 0.2) is 0 Å². The minimum Gasteiger partial charge on any atom is -0.466 e. The third-order valence-corrected chi connectivity index (χ3v) is 4.31. The molecule has 4 heteroatoms. The smallest absolute Gasteiger partial charge is 0.302 e.